The molecule has 0 aromatic heterocycles. The minimum Gasteiger partial charge on any atom is -0.497 e. The highest BCUT2D eigenvalue weighted by Gasteiger charge is 2.35. The molecule has 6 heteroatoms. The molecule has 2 N–H and O–H groups in total. The van der Waals surface area contributed by atoms with Gasteiger partial charge in [0.15, 0.2) is 0 Å². The molecule has 1 unspecified atom stereocenters. The SMILES string of the molecule is COc1ccc(OC)c(CC(=O)N2CCC(N)C(C)(C)C2)c1.Cl. The maximum Gasteiger partial charge on any atom is 0.227 e. The molecule has 1 saturated heterocycles. The first kappa shape index (κ1) is 19.6. The summed E-state index contributed by atoms with van der Waals surface area (Å²) in [6, 6.07) is 5.66. The molecule has 1 aromatic carbocycles. The molecule has 1 fully saturated rings. The lowest BCUT2D eigenvalue weighted by Gasteiger charge is -2.42. The van der Waals surface area contributed by atoms with Crippen LogP contribution in [0.25, 0.3) is 0 Å². The predicted molar refractivity (Wildman–Crippen MR) is 93.5 cm³/mol. The summed E-state index contributed by atoms with van der Waals surface area (Å²) in [4.78, 5) is 14.5. The molecule has 0 radical (unpaired) electrons. The maximum atomic E-state index is 12.6. The lowest BCUT2D eigenvalue weighted by atomic mass is 9.79. The minimum atomic E-state index is -0.0492. The number of amides is 1. The van der Waals surface area contributed by atoms with Crippen molar-refractivity contribution in [2.75, 3.05) is 27.3 Å². The van der Waals surface area contributed by atoms with Crippen LogP contribution in [0, 0.1) is 5.41 Å². The Balaban J connectivity index is 0.00000264. The number of benzene rings is 1. The number of hydrogen-bond acceptors (Lipinski definition) is 4. The van der Waals surface area contributed by atoms with E-state index in [9.17, 15) is 4.79 Å². The Labute approximate surface area is 144 Å². The second kappa shape index (κ2) is 7.88. The Kier molecular flexibility index (Phi) is 6.71. The highest BCUT2D eigenvalue weighted by molar-refractivity contribution is 5.85. The molecule has 23 heavy (non-hydrogen) atoms. The Bertz CT molecular complexity index is 549. The topological polar surface area (TPSA) is 64.8 Å². The molecule has 130 valence electrons. The fraction of sp³-hybridized carbons (Fsp3) is 0.588. The van der Waals surface area contributed by atoms with E-state index >= 15 is 0 Å². The number of carbonyl (C=O) groups excluding carboxylic acids is 1. The number of likely N-dealkylation sites (tertiary alicyclic amines) is 1. The predicted octanol–water partition coefficient (Wildman–Crippen LogP) is 2.25. The van der Waals surface area contributed by atoms with Crippen LogP contribution in [-0.4, -0.2) is 44.2 Å². The first-order chi connectivity index (χ1) is 10.4. The Morgan fingerprint density at radius 3 is 2.61 bits per heavy atom. The quantitative estimate of drug-likeness (QED) is 0.911. The van der Waals surface area contributed by atoms with E-state index in [1.165, 1.54) is 0 Å². The lowest BCUT2D eigenvalue weighted by Crippen LogP contribution is -2.54. The number of carbonyl (C=O) groups is 1. The highest BCUT2D eigenvalue weighted by atomic mass is 35.5. The second-order valence-corrected chi connectivity index (χ2v) is 6.55. The first-order valence-electron chi connectivity index (χ1n) is 7.61. The smallest absolute Gasteiger partial charge is 0.227 e. The van der Waals surface area contributed by atoms with E-state index in [4.69, 9.17) is 15.2 Å². The molecule has 5 nitrogen and oxygen atoms in total. The monoisotopic (exact) mass is 342 g/mol. The largest absolute Gasteiger partial charge is 0.497 e. The van der Waals surface area contributed by atoms with Gasteiger partial charge in [0.2, 0.25) is 5.91 Å². The Hall–Kier alpha value is -1.46. The van der Waals surface area contributed by atoms with Gasteiger partial charge in [0, 0.05) is 24.7 Å². The van der Waals surface area contributed by atoms with Crippen LogP contribution in [0.4, 0.5) is 0 Å². The summed E-state index contributed by atoms with van der Waals surface area (Å²) >= 11 is 0. The zero-order valence-corrected chi connectivity index (χ0v) is 15.1. The van der Waals surface area contributed by atoms with Gasteiger partial charge in [-0.3, -0.25) is 4.79 Å². The van der Waals surface area contributed by atoms with Crippen LogP contribution in [0.15, 0.2) is 18.2 Å². The fourth-order valence-corrected chi connectivity index (χ4v) is 2.88. The van der Waals surface area contributed by atoms with Gasteiger partial charge in [-0.05, 0) is 30.0 Å². The number of rotatable bonds is 4. The van der Waals surface area contributed by atoms with E-state index in [0.29, 0.717) is 18.7 Å². The van der Waals surface area contributed by atoms with Gasteiger partial charge in [0.25, 0.3) is 0 Å². The molecule has 1 atom stereocenters. The average molecular weight is 343 g/mol. The van der Waals surface area contributed by atoms with Crippen LogP contribution in [0.2, 0.25) is 0 Å². The van der Waals surface area contributed by atoms with Gasteiger partial charge >= 0.3 is 0 Å². The van der Waals surface area contributed by atoms with Crippen molar-refractivity contribution in [3.05, 3.63) is 23.8 Å². The molecule has 0 bridgehead atoms. The Morgan fingerprint density at radius 2 is 2.04 bits per heavy atom. The third kappa shape index (κ3) is 4.52. The number of nitrogens with two attached hydrogens (primary N) is 1. The third-order valence-electron chi connectivity index (χ3n) is 4.49. The number of hydrogen-bond donors (Lipinski definition) is 1. The van der Waals surface area contributed by atoms with E-state index in [-0.39, 0.29) is 29.8 Å². The summed E-state index contributed by atoms with van der Waals surface area (Å²) in [6.07, 6.45) is 1.15. The van der Waals surface area contributed by atoms with Crippen LogP contribution in [0.3, 0.4) is 0 Å². The second-order valence-electron chi connectivity index (χ2n) is 6.55. The summed E-state index contributed by atoms with van der Waals surface area (Å²) in [5.74, 6) is 1.54. The minimum absolute atomic E-state index is 0. The van der Waals surface area contributed by atoms with Crippen LogP contribution in [0.5, 0.6) is 11.5 Å². The van der Waals surface area contributed by atoms with Crippen molar-refractivity contribution in [3.63, 3.8) is 0 Å². The van der Waals surface area contributed by atoms with Crippen molar-refractivity contribution in [3.8, 4) is 11.5 Å². The number of methoxy groups -OCH3 is 2. The van der Waals surface area contributed by atoms with Gasteiger partial charge in [-0.15, -0.1) is 12.4 Å². The normalized spacial score (nSPS) is 19.7. The molecule has 2 rings (SSSR count). The molecule has 1 aliphatic heterocycles. The molecule has 1 heterocycles. The van der Waals surface area contributed by atoms with E-state index in [1.807, 2.05) is 23.1 Å². The molecule has 1 aromatic rings. The van der Waals surface area contributed by atoms with E-state index < -0.39 is 0 Å². The first-order valence-corrected chi connectivity index (χ1v) is 7.61. The van der Waals surface area contributed by atoms with Gasteiger partial charge in [-0.25, -0.2) is 0 Å². The molecular weight excluding hydrogens is 316 g/mol. The van der Waals surface area contributed by atoms with E-state index in [2.05, 4.69) is 13.8 Å². The number of ether oxygens (including phenoxy) is 2. The fourth-order valence-electron chi connectivity index (χ4n) is 2.88. The van der Waals surface area contributed by atoms with Crippen LogP contribution < -0.4 is 15.2 Å². The van der Waals surface area contributed by atoms with Gasteiger partial charge < -0.3 is 20.1 Å². The standard InChI is InChI=1S/C17H26N2O3.ClH/c1-17(2)11-19(8-7-15(17)18)16(20)10-12-9-13(21-3)5-6-14(12)22-4;/h5-6,9,15H,7-8,10-11,18H2,1-4H3;1H. The number of halogens is 1. The zero-order chi connectivity index (χ0) is 16.3. The molecule has 0 saturated carbocycles. The van der Waals surface area contributed by atoms with Gasteiger partial charge in [0.1, 0.15) is 11.5 Å². The van der Waals surface area contributed by atoms with E-state index in [1.54, 1.807) is 14.2 Å². The maximum absolute atomic E-state index is 12.6. The summed E-state index contributed by atoms with van der Waals surface area (Å²) in [5, 5.41) is 0. The summed E-state index contributed by atoms with van der Waals surface area (Å²) in [5.41, 5.74) is 6.93. The molecule has 0 spiro atoms. The zero-order valence-electron chi connectivity index (χ0n) is 14.3. The van der Waals surface area contributed by atoms with Gasteiger partial charge in [0.05, 0.1) is 20.6 Å². The van der Waals surface area contributed by atoms with Crippen LogP contribution >= 0.6 is 12.4 Å². The van der Waals surface area contributed by atoms with Crippen molar-refractivity contribution in [1.29, 1.82) is 0 Å². The highest BCUT2D eigenvalue weighted by Crippen LogP contribution is 2.29. The third-order valence-corrected chi connectivity index (χ3v) is 4.49. The van der Waals surface area contributed by atoms with Crippen LogP contribution in [0.1, 0.15) is 25.8 Å². The summed E-state index contributed by atoms with van der Waals surface area (Å²) in [6.45, 7) is 5.64. The van der Waals surface area contributed by atoms with Crippen molar-refractivity contribution < 1.29 is 14.3 Å². The molecule has 0 aliphatic carbocycles. The molecule has 1 amide bonds. The van der Waals surface area contributed by atoms with Gasteiger partial charge in [-0.2, -0.15) is 0 Å². The molecule has 1 aliphatic rings. The van der Waals surface area contributed by atoms with Crippen molar-refractivity contribution in [2.45, 2.75) is 32.7 Å². The van der Waals surface area contributed by atoms with Crippen molar-refractivity contribution in [2.24, 2.45) is 11.1 Å². The molecular formula is C17H27ClN2O3. The lowest BCUT2D eigenvalue weighted by molar-refractivity contribution is -0.133. The number of piperidine rings is 1. The average Bonchev–Trinajstić information content (AvgIpc) is 2.49. The van der Waals surface area contributed by atoms with Gasteiger partial charge in [-0.1, -0.05) is 13.8 Å². The summed E-state index contributed by atoms with van der Waals surface area (Å²) in [7, 11) is 3.22. The van der Waals surface area contributed by atoms with Crippen molar-refractivity contribution >= 4 is 18.3 Å². The summed E-state index contributed by atoms with van der Waals surface area (Å²) < 4.78 is 10.6. The van der Waals surface area contributed by atoms with E-state index in [0.717, 1.165) is 24.3 Å². The van der Waals surface area contributed by atoms with Crippen molar-refractivity contribution in [1.82, 2.24) is 4.90 Å². The number of nitrogens with zero attached hydrogens (tertiary/aromatic N) is 1. The van der Waals surface area contributed by atoms with Crippen LogP contribution in [-0.2, 0) is 11.2 Å². The Morgan fingerprint density at radius 1 is 1.35 bits per heavy atom.